The lowest BCUT2D eigenvalue weighted by molar-refractivity contribution is 0.405. The van der Waals surface area contributed by atoms with Crippen LogP contribution in [0.25, 0.3) is 5.69 Å². The minimum atomic E-state index is 0.328. The zero-order valence-corrected chi connectivity index (χ0v) is 15.4. The van der Waals surface area contributed by atoms with Gasteiger partial charge >= 0.3 is 0 Å². The Balaban J connectivity index is 1.58. The first-order valence-corrected chi connectivity index (χ1v) is 8.57. The van der Waals surface area contributed by atoms with E-state index < -0.39 is 0 Å². The highest BCUT2D eigenvalue weighted by Crippen LogP contribution is 2.28. The summed E-state index contributed by atoms with van der Waals surface area (Å²) in [5.74, 6) is 1.71. The molecule has 7 heteroatoms. The van der Waals surface area contributed by atoms with Gasteiger partial charge in [-0.2, -0.15) is 5.10 Å². The van der Waals surface area contributed by atoms with Gasteiger partial charge in [-0.3, -0.25) is 4.99 Å². The minimum absolute atomic E-state index is 0.328. The van der Waals surface area contributed by atoms with Crippen molar-refractivity contribution in [2.75, 3.05) is 26.1 Å². The number of aliphatic imine (C=N–C) groups is 1. The van der Waals surface area contributed by atoms with Crippen molar-refractivity contribution in [1.29, 1.82) is 0 Å². The van der Waals surface area contributed by atoms with Crippen LogP contribution in [0.4, 0.5) is 5.69 Å². The van der Waals surface area contributed by atoms with Gasteiger partial charge in [0, 0.05) is 25.0 Å². The highest BCUT2D eigenvalue weighted by atomic mass is 16.5. The molecule has 0 unspecified atom stereocenters. The molecule has 3 aromatic rings. The number of benzene rings is 2. The van der Waals surface area contributed by atoms with Crippen molar-refractivity contribution < 1.29 is 9.47 Å². The molecule has 140 valence electrons. The summed E-state index contributed by atoms with van der Waals surface area (Å²) in [6.45, 7) is 0.576. The molecule has 0 bridgehead atoms. The lowest BCUT2D eigenvalue weighted by Crippen LogP contribution is -2.23. The first kappa shape index (κ1) is 18.3. The number of hydrogen-bond acceptors (Lipinski definition) is 4. The highest BCUT2D eigenvalue weighted by Gasteiger charge is 2.06. The SMILES string of the molecule is COc1ccc(OC)c(NC(N)=NCCc2ccc(-n3cccn3)cc2)c1. The third-order valence-electron chi connectivity index (χ3n) is 4.06. The normalized spacial score (nSPS) is 11.3. The van der Waals surface area contributed by atoms with Crippen LogP contribution in [0.5, 0.6) is 11.5 Å². The number of nitrogens with one attached hydrogen (secondary N) is 1. The molecule has 2 aromatic carbocycles. The van der Waals surface area contributed by atoms with Crippen molar-refractivity contribution >= 4 is 11.6 Å². The van der Waals surface area contributed by atoms with Crippen LogP contribution in [0.15, 0.2) is 65.9 Å². The molecule has 27 heavy (non-hydrogen) atoms. The Morgan fingerprint density at radius 1 is 1.15 bits per heavy atom. The van der Waals surface area contributed by atoms with Crippen LogP contribution < -0.4 is 20.5 Å². The Bertz CT molecular complexity index is 889. The molecular weight excluding hydrogens is 342 g/mol. The fraction of sp³-hybridized carbons (Fsp3) is 0.200. The number of ether oxygens (including phenoxy) is 2. The van der Waals surface area contributed by atoms with Crippen molar-refractivity contribution in [3.05, 3.63) is 66.5 Å². The zero-order valence-electron chi connectivity index (χ0n) is 15.4. The summed E-state index contributed by atoms with van der Waals surface area (Å²) in [6.07, 6.45) is 4.46. The van der Waals surface area contributed by atoms with E-state index in [0.717, 1.165) is 12.1 Å². The quantitative estimate of drug-likeness (QED) is 0.497. The lowest BCUT2D eigenvalue weighted by atomic mass is 10.1. The summed E-state index contributed by atoms with van der Waals surface area (Å²) in [4.78, 5) is 4.39. The molecule has 0 aliphatic carbocycles. The molecule has 3 rings (SSSR count). The fourth-order valence-corrected chi connectivity index (χ4v) is 2.63. The second-order valence-corrected chi connectivity index (χ2v) is 5.83. The van der Waals surface area contributed by atoms with Crippen LogP contribution in [0.2, 0.25) is 0 Å². The van der Waals surface area contributed by atoms with Crippen molar-refractivity contribution in [3.63, 3.8) is 0 Å². The fourth-order valence-electron chi connectivity index (χ4n) is 2.63. The number of anilines is 1. The van der Waals surface area contributed by atoms with E-state index in [2.05, 4.69) is 27.5 Å². The van der Waals surface area contributed by atoms with E-state index in [0.29, 0.717) is 29.7 Å². The van der Waals surface area contributed by atoms with Crippen LogP contribution >= 0.6 is 0 Å². The number of guanidine groups is 1. The van der Waals surface area contributed by atoms with Gasteiger partial charge in [-0.15, -0.1) is 0 Å². The Hall–Kier alpha value is -3.48. The molecule has 0 saturated heterocycles. The maximum Gasteiger partial charge on any atom is 0.193 e. The molecule has 0 spiro atoms. The third-order valence-corrected chi connectivity index (χ3v) is 4.06. The maximum absolute atomic E-state index is 6.00. The van der Waals surface area contributed by atoms with E-state index in [1.165, 1.54) is 5.56 Å². The van der Waals surface area contributed by atoms with E-state index in [1.54, 1.807) is 20.4 Å². The molecule has 1 aromatic heterocycles. The molecule has 0 fully saturated rings. The van der Waals surface area contributed by atoms with Crippen LogP contribution in [0.3, 0.4) is 0 Å². The van der Waals surface area contributed by atoms with E-state index in [-0.39, 0.29) is 0 Å². The first-order chi connectivity index (χ1) is 13.2. The number of nitrogens with zero attached hydrogens (tertiary/aromatic N) is 3. The van der Waals surface area contributed by atoms with E-state index in [9.17, 15) is 0 Å². The van der Waals surface area contributed by atoms with Gasteiger partial charge in [0.05, 0.1) is 25.6 Å². The molecule has 0 aliphatic heterocycles. The standard InChI is InChI=1S/C20H23N5O2/c1-26-17-8-9-19(27-2)18(14-17)24-20(21)22-12-10-15-4-6-16(7-5-15)25-13-3-11-23-25/h3-9,11,13-14H,10,12H2,1-2H3,(H3,21,22,24). The number of nitrogens with two attached hydrogens (primary N) is 1. The van der Waals surface area contributed by atoms with Gasteiger partial charge in [-0.25, -0.2) is 4.68 Å². The summed E-state index contributed by atoms with van der Waals surface area (Å²) < 4.78 is 12.4. The van der Waals surface area contributed by atoms with Gasteiger partial charge < -0.3 is 20.5 Å². The minimum Gasteiger partial charge on any atom is -0.497 e. The molecule has 0 amide bonds. The lowest BCUT2D eigenvalue weighted by Gasteiger charge is -2.12. The van der Waals surface area contributed by atoms with Crippen molar-refractivity contribution in [2.45, 2.75) is 6.42 Å². The Morgan fingerprint density at radius 2 is 1.96 bits per heavy atom. The molecule has 7 nitrogen and oxygen atoms in total. The average Bonchev–Trinajstić information content (AvgIpc) is 3.23. The summed E-state index contributed by atoms with van der Waals surface area (Å²) in [7, 11) is 3.22. The summed E-state index contributed by atoms with van der Waals surface area (Å²) in [5, 5.41) is 7.28. The third kappa shape index (κ3) is 4.78. The number of rotatable bonds is 7. The van der Waals surface area contributed by atoms with E-state index >= 15 is 0 Å². The van der Waals surface area contributed by atoms with Gasteiger partial charge in [0.1, 0.15) is 11.5 Å². The second kappa shape index (κ2) is 8.75. The molecular formula is C20H23N5O2. The number of hydrogen-bond donors (Lipinski definition) is 2. The van der Waals surface area contributed by atoms with Gasteiger partial charge in [0.25, 0.3) is 0 Å². The monoisotopic (exact) mass is 365 g/mol. The second-order valence-electron chi connectivity index (χ2n) is 5.83. The molecule has 0 radical (unpaired) electrons. The van der Waals surface area contributed by atoms with E-state index in [1.807, 2.05) is 47.3 Å². The van der Waals surface area contributed by atoms with Gasteiger partial charge in [-0.05, 0) is 42.3 Å². The van der Waals surface area contributed by atoms with Gasteiger partial charge in [0.15, 0.2) is 5.96 Å². The van der Waals surface area contributed by atoms with Gasteiger partial charge in [0.2, 0.25) is 0 Å². The zero-order chi connectivity index (χ0) is 19.1. The largest absolute Gasteiger partial charge is 0.497 e. The van der Waals surface area contributed by atoms with Crippen molar-refractivity contribution in [3.8, 4) is 17.2 Å². The van der Waals surface area contributed by atoms with Gasteiger partial charge in [-0.1, -0.05) is 12.1 Å². The Kier molecular flexibility index (Phi) is 5.94. The predicted octanol–water partition coefficient (Wildman–Crippen LogP) is 2.86. The van der Waals surface area contributed by atoms with Crippen LogP contribution in [0, 0.1) is 0 Å². The van der Waals surface area contributed by atoms with Crippen molar-refractivity contribution in [2.24, 2.45) is 10.7 Å². The number of aromatic nitrogens is 2. The molecule has 0 aliphatic rings. The predicted molar refractivity (Wildman–Crippen MR) is 107 cm³/mol. The van der Waals surface area contributed by atoms with E-state index in [4.69, 9.17) is 15.2 Å². The smallest absolute Gasteiger partial charge is 0.193 e. The molecule has 0 atom stereocenters. The average molecular weight is 365 g/mol. The van der Waals surface area contributed by atoms with Crippen LogP contribution in [-0.4, -0.2) is 36.5 Å². The Labute approximate surface area is 158 Å². The van der Waals surface area contributed by atoms with Crippen LogP contribution in [0.1, 0.15) is 5.56 Å². The highest BCUT2D eigenvalue weighted by molar-refractivity contribution is 5.94. The summed E-state index contributed by atoms with van der Waals surface area (Å²) in [5.41, 5.74) is 8.92. The van der Waals surface area contributed by atoms with Crippen molar-refractivity contribution in [1.82, 2.24) is 9.78 Å². The molecule has 1 heterocycles. The summed E-state index contributed by atoms with van der Waals surface area (Å²) in [6, 6.07) is 15.6. The summed E-state index contributed by atoms with van der Waals surface area (Å²) >= 11 is 0. The first-order valence-electron chi connectivity index (χ1n) is 8.57. The maximum atomic E-state index is 6.00. The molecule has 0 saturated carbocycles. The topological polar surface area (TPSA) is 86.7 Å². The number of methoxy groups -OCH3 is 2. The molecule has 3 N–H and O–H groups in total. The van der Waals surface area contributed by atoms with Crippen LogP contribution in [-0.2, 0) is 6.42 Å². The Morgan fingerprint density at radius 3 is 2.63 bits per heavy atom.